The molecule has 4 nitrogen and oxygen atoms in total. The molecule has 2 heterocycles. The maximum absolute atomic E-state index is 12.0. The number of nitrogens with one attached hydrogen (secondary N) is 1. The van der Waals surface area contributed by atoms with Gasteiger partial charge in [0.15, 0.2) is 0 Å². The minimum Gasteiger partial charge on any atom is -0.465 e. The average Bonchev–Trinajstić information content (AvgIpc) is 3.33. The van der Waals surface area contributed by atoms with Gasteiger partial charge in [-0.2, -0.15) is 0 Å². The number of H-pyrrole nitrogens is 1. The van der Waals surface area contributed by atoms with Crippen molar-refractivity contribution in [1.29, 1.82) is 0 Å². The van der Waals surface area contributed by atoms with Crippen molar-refractivity contribution in [3.05, 3.63) is 49.9 Å². The number of thioether (sulfide) groups is 1. The van der Waals surface area contributed by atoms with Crippen LogP contribution in [0.25, 0.3) is 0 Å². The second-order valence-electron chi connectivity index (χ2n) is 7.29. The maximum Gasteiger partial charge on any atom is 0.337 e. The van der Waals surface area contributed by atoms with Gasteiger partial charge in [-0.1, -0.05) is 23.5 Å². The molecule has 1 aromatic heterocycles. The number of methoxy groups -OCH3 is 1. The molecule has 2 aliphatic carbocycles. The number of rotatable bonds is 2. The van der Waals surface area contributed by atoms with Crippen LogP contribution in [0, 0.1) is 17.8 Å². The van der Waals surface area contributed by atoms with Crippen molar-refractivity contribution in [2.45, 2.75) is 35.5 Å². The number of ether oxygens (including phenoxy) is 1. The van der Waals surface area contributed by atoms with E-state index in [1.807, 2.05) is 36.0 Å². The highest BCUT2D eigenvalue weighted by Crippen LogP contribution is 2.63. The van der Waals surface area contributed by atoms with Crippen LogP contribution >= 0.6 is 23.1 Å². The van der Waals surface area contributed by atoms with Gasteiger partial charge in [0, 0.05) is 16.0 Å². The molecule has 2 aromatic rings. The normalized spacial score (nSPS) is 32.3. The van der Waals surface area contributed by atoms with E-state index in [0.29, 0.717) is 16.7 Å². The summed E-state index contributed by atoms with van der Waals surface area (Å²) in [6, 6.07) is 7.79. The third kappa shape index (κ3) is 2.34. The number of aromatic nitrogens is 1. The molecule has 0 amide bonds. The summed E-state index contributed by atoms with van der Waals surface area (Å²) in [5, 5.41) is 1.69. The van der Waals surface area contributed by atoms with E-state index < -0.39 is 0 Å². The molecule has 1 aliphatic heterocycles. The largest absolute Gasteiger partial charge is 0.465 e. The Balaban J connectivity index is 1.60. The topological polar surface area (TPSA) is 59.2 Å². The predicted molar refractivity (Wildman–Crippen MR) is 98.5 cm³/mol. The van der Waals surface area contributed by atoms with Gasteiger partial charge in [-0.3, -0.25) is 4.79 Å². The van der Waals surface area contributed by atoms with Crippen LogP contribution in [0.3, 0.4) is 0 Å². The fourth-order valence-electron chi connectivity index (χ4n) is 5.17. The fourth-order valence-corrected chi connectivity index (χ4v) is 8.06. The number of hydrogen-bond acceptors (Lipinski definition) is 5. The van der Waals surface area contributed by atoms with Crippen molar-refractivity contribution in [3.8, 4) is 0 Å². The summed E-state index contributed by atoms with van der Waals surface area (Å²) in [4.78, 5) is 28.0. The Hall–Kier alpha value is -1.53. The summed E-state index contributed by atoms with van der Waals surface area (Å²) >= 11 is 3.26. The highest BCUT2D eigenvalue weighted by molar-refractivity contribution is 8.00. The first-order valence-corrected chi connectivity index (χ1v) is 10.4. The van der Waals surface area contributed by atoms with E-state index in [9.17, 15) is 9.59 Å². The highest BCUT2D eigenvalue weighted by atomic mass is 32.2. The molecule has 0 saturated heterocycles. The summed E-state index contributed by atoms with van der Waals surface area (Å²) < 4.78 is 4.80. The summed E-state index contributed by atoms with van der Waals surface area (Å²) in [7, 11) is 1.40. The van der Waals surface area contributed by atoms with E-state index in [0.717, 1.165) is 16.9 Å². The van der Waals surface area contributed by atoms with Crippen LogP contribution in [0.15, 0.2) is 34.1 Å². The van der Waals surface area contributed by atoms with Gasteiger partial charge in [-0.25, -0.2) is 4.79 Å². The Labute approximate surface area is 154 Å². The van der Waals surface area contributed by atoms with E-state index in [2.05, 4.69) is 4.98 Å². The van der Waals surface area contributed by atoms with Gasteiger partial charge in [0.2, 0.25) is 0 Å². The number of thiazole rings is 1. The van der Waals surface area contributed by atoms with Crippen LogP contribution in [0.5, 0.6) is 0 Å². The number of esters is 1. The molecule has 1 N–H and O–H groups in total. The van der Waals surface area contributed by atoms with E-state index in [-0.39, 0.29) is 16.8 Å². The minimum atomic E-state index is -0.310. The van der Waals surface area contributed by atoms with Gasteiger partial charge in [0.1, 0.15) is 0 Å². The lowest BCUT2D eigenvalue weighted by Gasteiger charge is -2.40. The second kappa shape index (κ2) is 5.74. The molecule has 1 aromatic carbocycles. The Morgan fingerprint density at radius 1 is 1.20 bits per heavy atom. The van der Waals surface area contributed by atoms with Crippen molar-refractivity contribution in [2.24, 2.45) is 17.8 Å². The Morgan fingerprint density at radius 3 is 2.72 bits per heavy atom. The molecule has 2 bridgehead atoms. The van der Waals surface area contributed by atoms with Gasteiger partial charge in [-0.15, -0.1) is 11.8 Å². The quantitative estimate of drug-likeness (QED) is 0.812. The van der Waals surface area contributed by atoms with Gasteiger partial charge in [0.25, 0.3) is 0 Å². The molecule has 2 saturated carbocycles. The summed E-state index contributed by atoms with van der Waals surface area (Å²) in [5.41, 5.74) is 1.79. The van der Waals surface area contributed by atoms with Crippen molar-refractivity contribution >= 4 is 29.1 Å². The lowest BCUT2D eigenvalue weighted by Crippen LogP contribution is -2.33. The number of carbonyl (C=O) groups is 1. The standard InChI is InChI=1S/C19H19NO3S2/c1-23-18(21)10-4-2-9(3-5-10)13-14-11-6-7-12(8-11)15(14)24-17-16(13)25-19(22)20-17/h2-5,11-15H,6-8H2,1H3,(H,20,22)/t11-,12-,13-,14-,15-/m1/s1. The first-order valence-electron chi connectivity index (χ1n) is 8.73. The van der Waals surface area contributed by atoms with Crippen molar-refractivity contribution in [3.63, 3.8) is 0 Å². The van der Waals surface area contributed by atoms with E-state index >= 15 is 0 Å². The van der Waals surface area contributed by atoms with Crippen molar-refractivity contribution in [2.75, 3.05) is 7.11 Å². The number of carbonyl (C=O) groups excluding carboxylic acids is 1. The molecule has 0 radical (unpaired) electrons. The predicted octanol–water partition coefficient (Wildman–Crippen LogP) is 3.88. The van der Waals surface area contributed by atoms with Crippen LogP contribution in [0.2, 0.25) is 0 Å². The number of hydrogen-bond donors (Lipinski definition) is 1. The van der Waals surface area contributed by atoms with E-state index in [1.165, 1.54) is 48.1 Å². The first kappa shape index (κ1) is 15.7. The molecule has 130 valence electrons. The van der Waals surface area contributed by atoms with Crippen molar-refractivity contribution < 1.29 is 9.53 Å². The monoisotopic (exact) mass is 373 g/mol. The minimum absolute atomic E-state index is 0.0426. The van der Waals surface area contributed by atoms with Crippen LogP contribution in [-0.2, 0) is 4.74 Å². The lowest BCUT2D eigenvalue weighted by atomic mass is 9.75. The lowest BCUT2D eigenvalue weighted by molar-refractivity contribution is 0.0600. The van der Waals surface area contributed by atoms with Crippen LogP contribution in [0.4, 0.5) is 0 Å². The number of aromatic amines is 1. The third-order valence-electron chi connectivity index (χ3n) is 6.16. The maximum atomic E-state index is 12.0. The molecule has 25 heavy (non-hydrogen) atoms. The Kier molecular flexibility index (Phi) is 3.61. The van der Waals surface area contributed by atoms with E-state index in [4.69, 9.17) is 4.74 Å². The molecule has 5 atom stereocenters. The first-order chi connectivity index (χ1) is 12.2. The number of fused-ring (bicyclic) bond motifs is 6. The van der Waals surface area contributed by atoms with Crippen LogP contribution in [0.1, 0.15) is 46.0 Å². The third-order valence-corrected chi connectivity index (χ3v) is 8.78. The van der Waals surface area contributed by atoms with Gasteiger partial charge >= 0.3 is 10.8 Å². The van der Waals surface area contributed by atoms with Crippen LogP contribution < -0.4 is 4.87 Å². The zero-order valence-corrected chi connectivity index (χ0v) is 15.5. The zero-order chi connectivity index (χ0) is 17.1. The molecule has 5 rings (SSSR count). The Bertz CT molecular complexity index is 885. The molecule has 2 fully saturated rings. The number of benzene rings is 1. The van der Waals surface area contributed by atoms with Gasteiger partial charge < -0.3 is 9.72 Å². The summed E-state index contributed by atoms with van der Waals surface area (Å²) in [6.45, 7) is 0. The highest BCUT2D eigenvalue weighted by Gasteiger charge is 2.54. The van der Waals surface area contributed by atoms with Crippen LogP contribution in [-0.4, -0.2) is 23.3 Å². The average molecular weight is 373 g/mol. The molecular formula is C19H19NO3S2. The molecule has 3 aliphatic rings. The smallest absolute Gasteiger partial charge is 0.337 e. The van der Waals surface area contributed by atoms with Crippen molar-refractivity contribution in [1.82, 2.24) is 4.98 Å². The summed E-state index contributed by atoms with van der Waals surface area (Å²) in [5.74, 6) is 2.11. The molecular weight excluding hydrogens is 354 g/mol. The zero-order valence-electron chi connectivity index (χ0n) is 13.9. The fraction of sp³-hybridized carbons (Fsp3) is 0.474. The van der Waals surface area contributed by atoms with E-state index in [1.54, 1.807) is 0 Å². The molecule has 6 heteroatoms. The van der Waals surface area contributed by atoms with Gasteiger partial charge in [-0.05, 0) is 54.7 Å². The summed E-state index contributed by atoms with van der Waals surface area (Å²) in [6.07, 6.45) is 3.98. The van der Waals surface area contributed by atoms with Gasteiger partial charge in [0.05, 0.1) is 17.7 Å². The molecule has 0 unspecified atom stereocenters. The Morgan fingerprint density at radius 2 is 1.96 bits per heavy atom. The SMILES string of the molecule is COC(=O)c1ccc([C@H]2c3sc(=O)[nH]c3S[C@@H]3[C@@H]4CC[C@H](C4)[C@H]23)cc1. The second-order valence-corrected chi connectivity index (χ2v) is 9.50. The molecule has 0 spiro atoms.